The zero-order valence-electron chi connectivity index (χ0n) is 42.9. The second kappa shape index (κ2) is 47.3. The molecule has 0 aromatic carbocycles. The molecule has 0 spiro atoms. The van der Waals surface area contributed by atoms with Crippen LogP contribution in [0.3, 0.4) is 0 Å². The van der Waals surface area contributed by atoms with E-state index in [2.05, 4.69) is 98.9 Å². The molecule has 0 aliphatic carbocycles. The average molecular weight is 944 g/mol. The first-order chi connectivity index (χ1) is 32.0. The number of phosphoric acid groups is 1. The van der Waals surface area contributed by atoms with E-state index >= 15 is 0 Å². The number of esters is 2. The molecule has 0 saturated heterocycles. The number of ether oxygens (including phenoxy) is 2. The Hall–Kier alpha value is -2.81. The van der Waals surface area contributed by atoms with Gasteiger partial charge in [-0.1, -0.05) is 189 Å². The molecule has 0 aliphatic rings. The van der Waals surface area contributed by atoms with Crippen molar-refractivity contribution in [2.45, 2.75) is 213 Å². The van der Waals surface area contributed by atoms with Crippen LogP contribution in [0.15, 0.2) is 85.1 Å². The molecule has 2 atom stereocenters. The number of rotatable bonds is 47. The highest BCUT2D eigenvalue weighted by atomic mass is 31.2. The summed E-state index contributed by atoms with van der Waals surface area (Å²) in [6.45, 7) is 4.04. The number of hydrogen-bond donors (Lipinski definition) is 0. The largest absolute Gasteiger partial charge is 0.756 e. The molecule has 0 aliphatic heterocycles. The monoisotopic (exact) mass is 944 g/mol. The summed E-state index contributed by atoms with van der Waals surface area (Å²) in [6, 6.07) is 0. The molecule has 0 bridgehead atoms. The van der Waals surface area contributed by atoms with Gasteiger partial charge in [-0.15, -0.1) is 0 Å². The molecule has 1 unspecified atom stereocenters. The Morgan fingerprint density at radius 2 is 0.894 bits per heavy atom. The minimum Gasteiger partial charge on any atom is -0.756 e. The number of nitrogens with zero attached hydrogens (tertiary/aromatic N) is 1. The highest BCUT2D eigenvalue weighted by molar-refractivity contribution is 7.45. The fraction of sp³-hybridized carbons (Fsp3) is 0.714. The molecule has 0 heterocycles. The van der Waals surface area contributed by atoms with Crippen molar-refractivity contribution < 1.29 is 42.1 Å². The summed E-state index contributed by atoms with van der Waals surface area (Å²) in [5, 5.41) is 0. The van der Waals surface area contributed by atoms with Crippen molar-refractivity contribution in [3.63, 3.8) is 0 Å². The van der Waals surface area contributed by atoms with Gasteiger partial charge in [-0.25, -0.2) is 0 Å². The van der Waals surface area contributed by atoms with Gasteiger partial charge in [0, 0.05) is 12.8 Å². The average Bonchev–Trinajstić information content (AvgIpc) is 3.27. The second-order valence-corrected chi connectivity index (χ2v) is 19.9. The van der Waals surface area contributed by atoms with Crippen LogP contribution in [0, 0.1) is 0 Å². The van der Waals surface area contributed by atoms with Gasteiger partial charge in [0.25, 0.3) is 7.82 Å². The van der Waals surface area contributed by atoms with Crippen molar-refractivity contribution in [3.8, 4) is 0 Å². The molecule has 0 fully saturated rings. The smallest absolute Gasteiger partial charge is 0.306 e. The van der Waals surface area contributed by atoms with Crippen LogP contribution in [-0.2, 0) is 32.7 Å². The van der Waals surface area contributed by atoms with Gasteiger partial charge in [0.15, 0.2) is 6.10 Å². The van der Waals surface area contributed by atoms with E-state index in [1.807, 2.05) is 21.1 Å². The van der Waals surface area contributed by atoms with Gasteiger partial charge >= 0.3 is 11.9 Å². The van der Waals surface area contributed by atoms with E-state index in [-0.39, 0.29) is 26.1 Å². The van der Waals surface area contributed by atoms with Crippen LogP contribution in [0.2, 0.25) is 0 Å². The number of likely N-dealkylation sites (N-methyl/N-ethyl adjacent to an activating group) is 1. The van der Waals surface area contributed by atoms with Crippen LogP contribution in [-0.4, -0.2) is 70.0 Å². The summed E-state index contributed by atoms with van der Waals surface area (Å²) in [5.74, 6) is -0.925. The summed E-state index contributed by atoms with van der Waals surface area (Å²) in [7, 11) is 1.11. The highest BCUT2D eigenvalue weighted by Gasteiger charge is 2.21. The van der Waals surface area contributed by atoms with Gasteiger partial charge in [-0.2, -0.15) is 0 Å². The number of quaternary nitrogens is 1. The number of allylic oxidation sites excluding steroid dienone is 14. The normalized spacial score (nSPS) is 14.1. The van der Waals surface area contributed by atoms with Gasteiger partial charge in [0.1, 0.15) is 19.8 Å². The quantitative estimate of drug-likeness (QED) is 0.0195. The number of unbranched alkanes of at least 4 members (excludes halogenated alkanes) is 19. The molecule has 0 N–H and O–H groups in total. The summed E-state index contributed by atoms with van der Waals surface area (Å²) >= 11 is 0. The van der Waals surface area contributed by atoms with E-state index < -0.39 is 32.5 Å². The van der Waals surface area contributed by atoms with Crippen molar-refractivity contribution in [1.29, 1.82) is 0 Å². The van der Waals surface area contributed by atoms with Crippen molar-refractivity contribution in [1.82, 2.24) is 0 Å². The second-order valence-electron chi connectivity index (χ2n) is 18.5. The lowest BCUT2D eigenvalue weighted by Crippen LogP contribution is -2.37. The Balaban J connectivity index is 4.35. The Bertz CT molecular complexity index is 1390. The summed E-state index contributed by atoms with van der Waals surface area (Å²) in [6.07, 6.45) is 62.1. The minimum absolute atomic E-state index is 0.0476. The van der Waals surface area contributed by atoms with Crippen molar-refractivity contribution in [2.24, 2.45) is 0 Å². The molecule has 0 saturated carbocycles. The molecule has 380 valence electrons. The maximum Gasteiger partial charge on any atom is 0.306 e. The van der Waals surface area contributed by atoms with E-state index in [1.165, 1.54) is 89.9 Å². The molecule has 0 radical (unpaired) electrons. The number of phosphoric ester groups is 1. The van der Waals surface area contributed by atoms with E-state index in [0.29, 0.717) is 23.9 Å². The SMILES string of the molecule is CC/C=C/C/C=C/C/C=C/C/C=C/C/C=C/CCCCCC(=O)O[C@H](COC(=O)CCC/C=C/CC/C=C/CCCCCCCCCCCCCCCC)COP(=O)([O-])OCC[N+](C)(C)C. The zero-order chi connectivity index (χ0) is 48.5. The van der Waals surface area contributed by atoms with Crippen LogP contribution in [0.5, 0.6) is 0 Å². The standard InChI is InChI=1S/C56H98NO8P/c1-6-8-10-12-14-16-18-20-22-24-26-27-28-29-31-32-34-36-38-40-42-44-46-48-55(58)62-52-54(53-64-66(60,61)63-51-50-57(3,4)5)65-56(59)49-47-45-43-41-39-37-35-33-30-25-23-21-19-17-15-13-11-9-7-2/h9,11,15,17,21,23,30,32-34,37,39-40,42,54H,6-8,10,12-14,16,18-20,22,24-29,31,35-36,38,41,43-53H2,1-5H3/b11-9+,17-15+,23-21+,33-30+,34-32+,39-37+,42-40+/t54-/m1/s1. The van der Waals surface area contributed by atoms with Crippen LogP contribution < -0.4 is 4.89 Å². The Morgan fingerprint density at radius 3 is 1.39 bits per heavy atom. The van der Waals surface area contributed by atoms with Crippen LogP contribution in [0.1, 0.15) is 206 Å². The van der Waals surface area contributed by atoms with E-state index in [0.717, 1.165) is 77.0 Å². The van der Waals surface area contributed by atoms with Crippen molar-refractivity contribution in [2.75, 3.05) is 47.5 Å². The van der Waals surface area contributed by atoms with Gasteiger partial charge in [-0.05, 0) is 89.9 Å². The molecular formula is C56H98NO8P. The van der Waals surface area contributed by atoms with Crippen LogP contribution >= 0.6 is 7.82 Å². The maximum absolute atomic E-state index is 12.7. The summed E-state index contributed by atoms with van der Waals surface area (Å²) in [4.78, 5) is 37.7. The van der Waals surface area contributed by atoms with E-state index in [9.17, 15) is 19.0 Å². The maximum atomic E-state index is 12.7. The third-order valence-electron chi connectivity index (χ3n) is 10.9. The third kappa shape index (κ3) is 50.6. The minimum atomic E-state index is -4.65. The van der Waals surface area contributed by atoms with Crippen molar-refractivity contribution in [3.05, 3.63) is 85.1 Å². The van der Waals surface area contributed by atoms with Gasteiger partial charge in [-0.3, -0.25) is 14.2 Å². The fourth-order valence-electron chi connectivity index (χ4n) is 6.82. The molecule has 0 aromatic rings. The predicted molar refractivity (Wildman–Crippen MR) is 277 cm³/mol. The first-order valence-electron chi connectivity index (χ1n) is 26.3. The molecule has 0 amide bonds. The predicted octanol–water partition coefficient (Wildman–Crippen LogP) is 15.3. The lowest BCUT2D eigenvalue weighted by atomic mass is 10.0. The Labute approximate surface area is 405 Å². The lowest BCUT2D eigenvalue weighted by molar-refractivity contribution is -0.870. The first kappa shape index (κ1) is 63.2. The van der Waals surface area contributed by atoms with Gasteiger partial charge < -0.3 is 27.9 Å². The highest BCUT2D eigenvalue weighted by Crippen LogP contribution is 2.38. The number of hydrogen-bond acceptors (Lipinski definition) is 8. The molecule has 10 heteroatoms. The molecule has 66 heavy (non-hydrogen) atoms. The van der Waals surface area contributed by atoms with Gasteiger partial charge in [0.2, 0.25) is 0 Å². The van der Waals surface area contributed by atoms with Crippen LogP contribution in [0.4, 0.5) is 0 Å². The number of carbonyl (C=O) groups excluding carboxylic acids is 2. The molecular weight excluding hydrogens is 846 g/mol. The van der Waals surface area contributed by atoms with E-state index in [1.54, 1.807) is 0 Å². The summed E-state index contributed by atoms with van der Waals surface area (Å²) < 4.78 is 34.0. The lowest BCUT2D eigenvalue weighted by Gasteiger charge is -2.28. The van der Waals surface area contributed by atoms with Crippen molar-refractivity contribution >= 4 is 19.8 Å². The molecule has 0 rings (SSSR count). The summed E-state index contributed by atoms with van der Waals surface area (Å²) in [5.41, 5.74) is 0. The third-order valence-corrected chi connectivity index (χ3v) is 11.8. The van der Waals surface area contributed by atoms with Crippen LogP contribution in [0.25, 0.3) is 0 Å². The zero-order valence-corrected chi connectivity index (χ0v) is 43.8. The molecule has 0 aromatic heterocycles. The topological polar surface area (TPSA) is 111 Å². The Kier molecular flexibility index (Phi) is 45.3. The molecule has 9 nitrogen and oxygen atoms in total. The Morgan fingerprint density at radius 1 is 0.485 bits per heavy atom. The number of carbonyl (C=O) groups is 2. The van der Waals surface area contributed by atoms with E-state index in [4.69, 9.17) is 18.5 Å². The first-order valence-corrected chi connectivity index (χ1v) is 27.8. The fourth-order valence-corrected chi connectivity index (χ4v) is 7.55. The van der Waals surface area contributed by atoms with Gasteiger partial charge in [0.05, 0.1) is 27.7 Å².